The molecule has 0 aliphatic carbocycles. The number of benzene rings is 2. The van der Waals surface area contributed by atoms with Gasteiger partial charge in [-0.15, -0.1) is 0 Å². The smallest absolute Gasteiger partial charge is 0.309 e. The van der Waals surface area contributed by atoms with Crippen LogP contribution >= 0.6 is 15.9 Å². The summed E-state index contributed by atoms with van der Waals surface area (Å²) in [5.41, 5.74) is 3.73. The average Bonchev–Trinajstić information content (AvgIpc) is 2.79. The highest BCUT2D eigenvalue weighted by atomic mass is 79.9. The van der Waals surface area contributed by atoms with Crippen molar-refractivity contribution in [3.05, 3.63) is 68.5 Å². The minimum absolute atomic E-state index is 0.0790. The third kappa shape index (κ3) is 2.42. The average molecular weight is 332 g/mol. The number of fused-ring (bicyclic) bond motifs is 1. The van der Waals surface area contributed by atoms with Gasteiger partial charge in [0.25, 0.3) is 0 Å². The number of halogens is 1. The lowest BCUT2D eigenvalue weighted by Gasteiger charge is -2.17. The number of hydrogen-bond acceptors (Lipinski definition) is 2. The number of imidazole rings is 1. The highest BCUT2D eigenvalue weighted by Gasteiger charge is 2.13. The van der Waals surface area contributed by atoms with Gasteiger partial charge in [-0.2, -0.15) is 0 Å². The van der Waals surface area contributed by atoms with Crippen LogP contribution in [0.3, 0.4) is 0 Å². The van der Waals surface area contributed by atoms with Crippen molar-refractivity contribution in [2.45, 2.75) is 6.04 Å². The van der Waals surface area contributed by atoms with Crippen LogP contribution in [-0.2, 0) is 0 Å². The third-order valence-corrected chi connectivity index (χ3v) is 3.84. The Hall–Kier alpha value is -1.85. The van der Waals surface area contributed by atoms with Crippen molar-refractivity contribution in [1.82, 2.24) is 15.3 Å². The lowest BCUT2D eigenvalue weighted by Crippen LogP contribution is -2.17. The van der Waals surface area contributed by atoms with E-state index in [1.165, 1.54) is 5.56 Å². The van der Waals surface area contributed by atoms with Crippen LogP contribution in [-0.4, -0.2) is 17.0 Å². The van der Waals surface area contributed by atoms with Gasteiger partial charge in [0.15, 0.2) is 0 Å². The van der Waals surface area contributed by atoms with E-state index < -0.39 is 0 Å². The lowest BCUT2D eigenvalue weighted by molar-refractivity contribution is 0.692. The van der Waals surface area contributed by atoms with Gasteiger partial charge in [0.05, 0.1) is 17.1 Å². The van der Waals surface area contributed by atoms with E-state index in [0.717, 1.165) is 21.1 Å². The molecule has 1 atom stereocenters. The zero-order valence-electron chi connectivity index (χ0n) is 10.9. The fourth-order valence-electron chi connectivity index (χ4n) is 2.44. The van der Waals surface area contributed by atoms with E-state index >= 15 is 0 Å². The second kappa shape index (κ2) is 5.26. The van der Waals surface area contributed by atoms with Gasteiger partial charge in [0, 0.05) is 4.47 Å². The molecule has 5 heteroatoms. The maximum Gasteiger partial charge on any atom is 0.323 e. The van der Waals surface area contributed by atoms with Crippen molar-refractivity contribution in [3.8, 4) is 0 Å². The standard InChI is InChI=1S/C15H14BrN3O/c1-17-14(9-3-2-4-11(16)7-9)10-5-6-12-13(8-10)19-15(20)18-12/h2-8,14,17H,1H3,(H2,18,19,20). The first kappa shape index (κ1) is 13.1. The summed E-state index contributed by atoms with van der Waals surface area (Å²) in [4.78, 5) is 16.9. The zero-order valence-corrected chi connectivity index (χ0v) is 12.5. The molecule has 1 unspecified atom stereocenters. The van der Waals surface area contributed by atoms with Crippen LogP contribution in [0.1, 0.15) is 17.2 Å². The second-order valence-electron chi connectivity index (χ2n) is 4.66. The van der Waals surface area contributed by atoms with Gasteiger partial charge < -0.3 is 15.3 Å². The Bertz CT molecular complexity index is 806. The van der Waals surface area contributed by atoms with E-state index in [9.17, 15) is 4.79 Å². The first-order chi connectivity index (χ1) is 9.67. The molecule has 4 nitrogen and oxygen atoms in total. The molecule has 3 aromatic rings. The summed E-state index contributed by atoms with van der Waals surface area (Å²) in [6.45, 7) is 0. The fourth-order valence-corrected chi connectivity index (χ4v) is 2.86. The largest absolute Gasteiger partial charge is 0.323 e. The molecule has 0 aliphatic rings. The maximum absolute atomic E-state index is 11.3. The number of hydrogen-bond donors (Lipinski definition) is 3. The van der Waals surface area contributed by atoms with Gasteiger partial charge in [-0.25, -0.2) is 4.79 Å². The Morgan fingerprint density at radius 1 is 1.05 bits per heavy atom. The van der Waals surface area contributed by atoms with Crippen LogP contribution in [0.5, 0.6) is 0 Å². The first-order valence-corrected chi connectivity index (χ1v) is 7.11. The number of H-pyrrole nitrogens is 2. The van der Waals surface area contributed by atoms with Crippen molar-refractivity contribution in [3.63, 3.8) is 0 Å². The number of aromatic amines is 2. The summed E-state index contributed by atoms with van der Waals surface area (Å²) >= 11 is 3.50. The van der Waals surface area contributed by atoms with Gasteiger partial charge in [0.2, 0.25) is 0 Å². The molecular weight excluding hydrogens is 318 g/mol. The predicted molar refractivity (Wildman–Crippen MR) is 84.0 cm³/mol. The summed E-state index contributed by atoms with van der Waals surface area (Å²) in [5.74, 6) is 0. The van der Waals surface area contributed by atoms with Crippen molar-refractivity contribution < 1.29 is 0 Å². The molecule has 20 heavy (non-hydrogen) atoms. The van der Waals surface area contributed by atoms with Gasteiger partial charge in [0.1, 0.15) is 0 Å². The summed E-state index contributed by atoms with van der Waals surface area (Å²) in [7, 11) is 1.93. The summed E-state index contributed by atoms with van der Waals surface area (Å²) < 4.78 is 1.05. The highest BCUT2D eigenvalue weighted by molar-refractivity contribution is 9.10. The Labute approximate surface area is 124 Å². The summed E-state index contributed by atoms with van der Waals surface area (Å²) in [6, 6.07) is 14.2. The van der Waals surface area contributed by atoms with E-state index in [4.69, 9.17) is 0 Å². The van der Waals surface area contributed by atoms with E-state index in [-0.39, 0.29) is 11.7 Å². The maximum atomic E-state index is 11.3. The van der Waals surface area contributed by atoms with Crippen LogP contribution in [0.2, 0.25) is 0 Å². The Morgan fingerprint density at radius 2 is 1.80 bits per heavy atom. The molecule has 2 aromatic carbocycles. The molecule has 3 rings (SSSR count). The minimum Gasteiger partial charge on any atom is -0.309 e. The second-order valence-corrected chi connectivity index (χ2v) is 5.58. The van der Waals surface area contributed by atoms with Crippen LogP contribution in [0.25, 0.3) is 11.0 Å². The fraction of sp³-hybridized carbons (Fsp3) is 0.133. The van der Waals surface area contributed by atoms with Crippen LogP contribution in [0.15, 0.2) is 51.7 Å². The van der Waals surface area contributed by atoms with E-state index in [1.54, 1.807) is 0 Å². The Morgan fingerprint density at radius 3 is 2.55 bits per heavy atom. The summed E-state index contributed by atoms with van der Waals surface area (Å²) in [6.07, 6.45) is 0. The molecule has 3 N–H and O–H groups in total. The van der Waals surface area contributed by atoms with Crippen molar-refractivity contribution in [2.24, 2.45) is 0 Å². The molecule has 0 aliphatic heterocycles. The molecule has 0 fully saturated rings. The van der Waals surface area contributed by atoms with E-state index in [1.807, 2.05) is 37.4 Å². The molecule has 0 amide bonds. The molecule has 0 bridgehead atoms. The van der Waals surface area contributed by atoms with Gasteiger partial charge in [-0.1, -0.05) is 34.1 Å². The zero-order chi connectivity index (χ0) is 14.1. The monoisotopic (exact) mass is 331 g/mol. The first-order valence-electron chi connectivity index (χ1n) is 6.32. The van der Waals surface area contributed by atoms with Crippen LogP contribution in [0, 0.1) is 0 Å². The van der Waals surface area contributed by atoms with Gasteiger partial charge in [-0.05, 0) is 42.4 Å². The Kier molecular flexibility index (Phi) is 3.46. The van der Waals surface area contributed by atoms with Crippen LogP contribution in [0.4, 0.5) is 0 Å². The predicted octanol–water partition coefficient (Wildman–Crippen LogP) is 2.93. The quantitative estimate of drug-likeness (QED) is 0.691. The van der Waals surface area contributed by atoms with E-state index in [0.29, 0.717) is 0 Å². The normalized spacial score (nSPS) is 12.7. The number of rotatable bonds is 3. The molecule has 0 saturated carbocycles. The van der Waals surface area contributed by atoms with E-state index in [2.05, 4.69) is 43.3 Å². The molecule has 102 valence electrons. The third-order valence-electron chi connectivity index (χ3n) is 3.34. The van der Waals surface area contributed by atoms with Crippen molar-refractivity contribution in [1.29, 1.82) is 0 Å². The molecule has 1 aromatic heterocycles. The highest BCUT2D eigenvalue weighted by Crippen LogP contribution is 2.25. The van der Waals surface area contributed by atoms with Crippen molar-refractivity contribution in [2.75, 3.05) is 7.05 Å². The Balaban J connectivity index is 2.08. The van der Waals surface area contributed by atoms with Crippen molar-refractivity contribution >= 4 is 27.0 Å². The van der Waals surface area contributed by atoms with Gasteiger partial charge in [-0.3, -0.25) is 0 Å². The molecular formula is C15H14BrN3O. The molecule has 1 heterocycles. The topological polar surface area (TPSA) is 60.7 Å². The lowest BCUT2D eigenvalue weighted by atomic mass is 9.98. The van der Waals surface area contributed by atoms with Crippen LogP contribution < -0.4 is 11.0 Å². The van der Waals surface area contributed by atoms with Gasteiger partial charge >= 0.3 is 5.69 Å². The number of aromatic nitrogens is 2. The minimum atomic E-state index is -0.180. The summed E-state index contributed by atoms with van der Waals surface area (Å²) in [5, 5.41) is 3.31. The number of nitrogens with one attached hydrogen (secondary N) is 3. The SMILES string of the molecule is CNC(c1cccc(Br)c1)c1ccc2[nH]c(=O)[nH]c2c1. The molecule has 0 radical (unpaired) electrons. The molecule has 0 saturated heterocycles. The molecule has 0 spiro atoms.